The van der Waals surface area contributed by atoms with Crippen molar-refractivity contribution in [1.82, 2.24) is 9.55 Å². The lowest BCUT2D eigenvalue weighted by Gasteiger charge is -2.16. The van der Waals surface area contributed by atoms with E-state index < -0.39 is 0 Å². The first-order chi connectivity index (χ1) is 8.65. The third kappa shape index (κ3) is 2.29. The molecule has 0 saturated heterocycles. The maximum Gasteiger partial charge on any atom is 0.130 e. The van der Waals surface area contributed by atoms with Crippen LogP contribution < -0.4 is 5.73 Å². The van der Waals surface area contributed by atoms with Gasteiger partial charge in [0.25, 0.3) is 0 Å². The van der Waals surface area contributed by atoms with Gasteiger partial charge >= 0.3 is 0 Å². The lowest BCUT2D eigenvalue weighted by atomic mass is 10.1. The molecule has 0 aliphatic rings. The first kappa shape index (κ1) is 12.8. The minimum absolute atomic E-state index is 0.265. The Morgan fingerprint density at radius 1 is 1.44 bits per heavy atom. The summed E-state index contributed by atoms with van der Waals surface area (Å²) in [5.41, 5.74) is 7.19. The van der Waals surface area contributed by atoms with Crippen molar-refractivity contribution >= 4 is 0 Å². The fourth-order valence-corrected chi connectivity index (χ4v) is 2.15. The van der Waals surface area contributed by atoms with Crippen LogP contribution in [0.25, 0.3) is 5.69 Å². The van der Waals surface area contributed by atoms with Crippen LogP contribution in [0.4, 0.5) is 4.39 Å². The quantitative estimate of drug-likeness (QED) is 0.902. The summed E-state index contributed by atoms with van der Waals surface area (Å²) >= 11 is 0. The second kappa shape index (κ2) is 5.31. The maximum absolute atomic E-state index is 13.9. The molecule has 0 amide bonds. The third-order valence-corrected chi connectivity index (χ3v) is 2.94. The van der Waals surface area contributed by atoms with Crippen molar-refractivity contribution in [3.8, 4) is 5.69 Å². The van der Waals surface area contributed by atoms with Gasteiger partial charge in [-0.2, -0.15) is 0 Å². The molecule has 0 unspecified atom stereocenters. The summed E-state index contributed by atoms with van der Waals surface area (Å²) in [4.78, 5) is 4.31. The van der Waals surface area contributed by atoms with E-state index >= 15 is 0 Å². The minimum atomic E-state index is -0.349. The Labute approximate surface area is 106 Å². The van der Waals surface area contributed by atoms with Gasteiger partial charge in [0.2, 0.25) is 0 Å². The number of benzene rings is 1. The van der Waals surface area contributed by atoms with Crippen molar-refractivity contribution < 1.29 is 4.39 Å². The lowest BCUT2D eigenvalue weighted by molar-refractivity contribution is 0.590. The van der Waals surface area contributed by atoms with Crippen molar-refractivity contribution in [2.75, 3.05) is 0 Å². The van der Waals surface area contributed by atoms with Crippen LogP contribution in [0.2, 0.25) is 0 Å². The Morgan fingerprint density at radius 2 is 2.22 bits per heavy atom. The zero-order chi connectivity index (χ0) is 13.1. The zero-order valence-electron chi connectivity index (χ0n) is 10.7. The fraction of sp³-hybridized carbons (Fsp3) is 0.357. The molecule has 0 bridgehead atoms. The van der Waals surface area contributed by atoms with E-state index in [2.05, 4.69) is 11.9 Å². The van der Waals surface area contributed by atoms with Crippen molar-refractivity contribution in [3.63, 3.8) is 0 Å². The highest BCUT2D eigenvalue weighted by Crippen LogP contribution is 2.24. The van der Waals surface area contributed by atoms with Gasteiger partial charge in [-0.25, -0.2) is 9.37 Å². The molecule has 0 fully saturated rings. The molecule has 2 rings (SSSR count). The Morgan fingerprint density at radius 3 is 2.89 bits per heavy atom. The average Bonchev–Trinajstić information content (AvgIpc) is 2.76. The van der Waals surface area contributed by atoms with Gasteiger partial charge in [0.1, 0.15) is 11.6 Å². The number of nitrogens with zero attached hydrogens (tertiary/aromatic N) is 2. The number of hydrogen-bond acceptors (Lipinski definition) is 2. The van der Waals surface area contributed by atoms with Gasteiger partial charge in [0, 0.05) is 30.4 Å². The summed E-state index contributed by atoms with van der Waals surface area (Å²) in [6.45, 7) is 3.88. The summed E-state index contributed by atoms with van der Waals surface area (Å²) in [5.74, 6) is 0.670. The van der Waals surface area contributed by atoms with E-state index in [0.717, 1.165) is 24.4 Å². The van der Waals surface area contributed by atoms with Crippen LogP contribution >= 0.6 is 0 Å². The van der Waals surface area contributed by atoms with Crippen LogP contribution in [0.15, 0.2) is 30.6 Å². The van der Waals surface area contributed by atoms with Gasteiger partial charge in [-0.3, -0.25) is 0 Å². The molecule has 3 nitrogen and oxygen atoms in total. The predicted molar refractivity (Wildman–Crippen MR) is 70.1 cm³/mol. The standard InChI is InChI=1S/C14H18FN3/c1-3-5-13-17-8-9-18(13)12-7-4-6-11(15)14(12)10(2)16/h4,6-10H,3,5,16H2,1-2H3/t10-/m1/s1. The minimum Gasteiger partial charge on any atom is -0.324 e. The molecule has 18 heavy (non-hydrogen) atoms. The number of hydrogen-bond donors (Lipinski definition) is 1. The molecular formula is C14H18FN3. The van der Waals surface area contributed by atoms with Crippen LogP contribution in [0, 0.1) is 5.82 Å². The van der Waals surface area contributed by atoms with Gasteiger partial charge in [0.05, 0.1) is 5.69 Å². The van der Waals surface area contributed by atoms with Crippen molar-refractivity contribution in [2.24, 2.45) is 5.73 Å². The number of imidazole rings is 1. The fourth-order valence-electron chi connectivity index (χ4n) is 2.15. The highest BCUT2D eigenvalue weighted by Gasteiger charge is 2.15. The molecule has 1 heterocycles. The Bertz CT molecular complexity index is 532. The third-order valence-electron chi connectivity index (χ3n) is 2.94. The molecule has 0 radical (unpaired) electrons. The van der Waals surface area contributed by atoms with Crippen LogP contribution in [0.3, 0.4) is 0 Å². The average molecular weight is 247 g/mol. The lowest BCUT2D eigenvalue weighted by Crippen LogP contribution is -2.13. The molecule has 2 aromatic rings. The number of aryl methyl sites for hydroxylation is 1. The van der Waals surface area contributed by atoms with E-state index in [0.29, 0.717) is 5.56 Å². The smallest absolute Gasteiger partial charge is 0.130 e. The highest BCUT2D eigenvalue weighted by atomic mass is 19.1. The number of rotatable bonds is 4. The normalized spacial score (nSPS) is 12.7. The largest absolute Gasteiger partial charge is 0.324 e. The summed E-state index contributed by atoms with van der Waals surface area (Å²) in [6.07, 6.45) is 5.45. The molecule has 0 aliphatic heterocycles. The van der Waals surface area contributed by atoms with Crippen LogP contribution in [0.1, 0.15) is 37.7 Å². The van der Waals surface area contributed by atoms with Crippen LogP contribution in [0.5, 0.6) is 0 Å². The monoisotopic (exact) mass is 247 g/mol. The molecule has 0 saturated carbocycles. The second-order valence-corrected chi connectivity index (χ2v) is 4.42. The second-order valence-electron chi connectivity index (χ2n) is 4.42. The molecule has 0 aliphatic carbocycles. The highest BCUT2D eigenvalue weighted by molar-refractivity contribution is 5.44. The predicted octanol–water partition coefficient (Wildman–Crippen LogP) is 2.98. The van der Waals surface area contributed by atoms with E-state index in [1.165, 1.54) is 6.07 Å². The first-order valence-electron chi connectivity index (χ1n) is 6.21. The van der Waals surface area contributed by atoms with Gasteiger partial charge in [-0.05, 0) is 25.5 Å². The van der Waals surface area contributed by atoms with Crippen LogP contribution in [-0.4, -0.2) is 9.55 Å². The molecule has 1 aromatic carbocycles. The number of aromatic nitrogens is 2. The molecule has 0 spiro atoms. The Balaban J connectivity index is 2.56. The molecule has 2 N–H and O–H groups in total. The van der Waals surface area contributed by atoms with Crippen molar-refractivity contribution in [2.45, 2.75) is 32.7 Å². The van der Waals surface area contributed by atoms with E-state index in [9.17, 15) is 4.39 Å². The number of halogens is 1. The molecule has 96 valence electrons. The van der Waals surface area contributed by atoms with E-state index in [1.54, 1.807) is 19.2 Å². The van der Waals surface area contributed by atoms with Crippen LogP contribution in [-0.2, 0) is 6.42 Å². The van der Waals surface area contributed by atoms with E-state index in [4.69, 9.17) is 5.73 Å². The summed E-state index contributed by atoms with van der Waals surface area (Å²) in [7, 11) is 0. The topological polar surface area (TPSA) is 43.8 Å². The van der Waals surface area contributed by atoms with Gasteiger partial charge in [0.15, 0.2) is 0 Å². The molecule has 1 atom stereocenters. The number of nitrogens with two attached hydrogens (primary N) is 1. The SMILES string of the molecule is CCCc1nccn1-c1cccc(F)c1[C@@H](C)N. The van der Waals surface area contributed by atoms with Crippen molar-refractivity contribution in [3.05, 3.63) is 47.8 Å². The molecular weight excluding hydrogens is 229 g/mol. The maximum atomic E-state index is 13.9. The van der Waals surface area contributed by atoms with E-state index in [1.807, 2.05) is 16.8 Å². The van der Waals surface area contributed by atoms with Gasteiger partial charge in [-0.1, -0.05) is 13.0 Å². The van der Waals surface area contributed by atoms with Gasteiger partial charge < -0.3 is 10.3 Å². The Kier molecular flexibility index (Phi) is 3.77. The Hall–Kier alpha value is -1.68. The van der Waals surface area contributed by atoms with E-state index in [-0.39, 0.29) is 11.9 Å². The summed E-state index contributed by atoms with van der Waals surface area (Å²) in [5, 5.41) is 0. The molecule has 4 heteroatoms. The zero-order valence-corrected chi connectivity index (χ0v) is 10.7. The first-order valence-corrected chi connectivity index (χ1v) is 6.21. The molecule has 1 aromatic heterocycles. The van der Waals surface area contributed by atoms with Gasteiger partial charge in [-0.15, -0.1) is 0 Å². The summed E-state index contributed by atoms with van der Waals surface area (Å²) in [6, 6.07) is 4.67. The summed E-state index contributed by atoms with van der Waals surface area (Å²) < 4.78 is 15.8. The van der Waals surface area contributed by atoms with Crippen molar-refractivity contribution in [1.29, 1.82) is 0 Å².